The maximum Gasteiger partial charge on any atom is 0.240 e. The van der Waals surface area contributed by atoms with Crippen LogP contribution in [0.2, 0.25) is 0 Å². The summed E-state index contributed by atoms with van der Waals surface area (Å²) in [4.78, 5) is 11.9. The first kappa shape index (κ1) is 21.2. The van der Waals surface area contributed by atoms with Gasteiger partial charge in [-0.15, -0.1) is 0 Å². The Balaban J connectivity index is 2.26. The number of hydrogen-bond acceptors (Lipinski definition) is 3. The molecule has 1 rings (SSSR count). The van der Waals surface area contributed by atoms with E-state index in [1.54, 1.807) is 7.11 Å². The number of hydrogen-bond donors (Lipinski definition) is 1. The van der Waals surface area contributed by atoms with Gasteiger partial charge < -0.3 is 4.74 Å². The molecule has 1 amide bonds. The maximum atomic E-state index is 11.9. The Labute approximate surface area is 153 Å². The van der Waals surface area contributed by atoms with Crippen molar-refractivity contribution < 1.29 is 9.53 Å². The molecule has 0 saturated heterocycles. The number of unbranched alkanes of at least 4 members (excludes halogenated alkanes) is 7. The molecule has 1 aromatic carbocycles. The highest BCUT2D eigenvalue weighted by atomic mass is 16.5. The van der Waals surface area contributed by atoms with Crippen molar-refractivity contribution in [3.8, 4) is 5.75 Å². The van der Waals surface area contributed by atoms with Gasteiger partial charge in [0.05, 0.1) is 12.8 Å². The summed E-state index contributed by atoms with van der Waals surface area (Å²) in [6.07, 6.45) is 11.2. The first-order valence-electron chi connectivity index (χ1n) is 9.71. The summed E-state index contributed by atoms with van der Waals surface area (Å²) in [7, 11) is 1.65. The van der Waals surface area contributed by atoms with Crippen molar-refractivity contribution in [2.45, 2.75) is 78.1 Å². The number of carbonyl (C=O) groups is 1. The lowest BCUT2D eigenvalue weighted by Crippen LogP contribution is -2.19. The van der Waals surface area contributed by atoms with Crippen molar-refractivity contribution in [1.82, 2.24) is 5.43 Å². The summed E-state index contributed by atoms with van der Waals surface area (Å²) in [6.45, 7) is 4.27. The summed E-state index contributed by atoms with van der Waals surface area (Å²) in [6, 6.07) is 7.74. The van der Waals surface area contributed by atoms with Crippen molar-refractivity contribution in [1.29, 1.82) is 0 Å². The molecule has 4 heteroatoms. The first-order chi connectivity index (χ1) is 12.2. The molecule has 25 heavy (non-hydrogen) atoms. The fraction of sp³-hybridized carbons (Fsp3) is 0.619. The molecule has 0 saturated carbocycles. The maximum absolute atomic E-state index is 11.9. The molecular formula is C21H34N2O2. The average molecular weight is 347 g/mol. The van der Waals surface area contributed by atoms with Gasteiger partial charge in [0.25, 0.3) is 0 Å². The van der Waals surface area contributed by atoms with Crippen molar-refractivity contribution >= 4 is 11.6 Å². The fourth-order valence-electron chi connectivity index (χ4n) is 2.74. The Morgan fingerprint density at radius 2 is 1.56 bits per heavy atom. The molecule has 0 spiro atoms. The molecule has 0 aromatic heterocycles. The van der Waals surface area contributed by atoms with Gasteiger partial charge in [-0.3, -0.25) is 4.79 Å². The Morgan fingerprint density at radius 1 is 0.960 bits per heavy atom. The van der Waals surface area contributed by atoms with Gasteiger partial charge in [0, 0.05) is 6.42 Å². The zero-order chi connectivity index (χ0) is 18.3. The normalized spacial score (nSPS) is 11.4. The predicted octanol–water partition coefficient (Wildman–Crippen LogP) is 5.46. The third-order valence-corrected chi connectivity index (χ3v) is 4.33. The standard InChI is InChI=1S/C21H34N2O2/c1-4-6-7-8-9-10-11-12-13-21(24)23-22-20(5-2)18-14-16-19(25-3)17-15-18/h14-17H,4-13H2,1-3H3,(H,23,24). The van der Waals surface area contributed by atoms with Crippen LogP contribution in [0.3, 0.4) is 0 Å². The summed E-state index contributed by atoms with van der Waals surface area (Å²) >= 11 is 0. The predicted molar refractivity (Wildman–Crippen MR) is 105 cm³/mol. The molecule has 4 nitrogen and oxygen atoms in total. The number of ether oxygens (including phenoxy) is 1. The van der Waals surface area contributed by atoms with Crippen LogP contribution in [0, 0.1) is 0 Å². The van der Waals surface area contributed by atoms with Crippen LogP contribution in [0.15, 0.2) is 29.4 Å². The van der Waals surface area contributed by atoms with Crippen LogP contribution in [-0.2, 0) is 4.79 Å². The Hall–Kier alpha value is -1.84. The van der Waals surface area contributed by atoms with Crippen LogP contribution in [0.4, 0.5) is 0 Å². The fourth-order valence-corrected chi connectivity index (χ4v) is 2.74. The third-order valence-electron chi connectivity index (χ3n) is 4.33. The van der Waals surface area contributed by atoms with E-state index in [1.807, 2.05) is 31.2 Å². The van der Waals surface area contributed by atoms with E-state index in [4.69, 9.17) is 4.74 Å². The van der Waals surface area contributed by atoms with Crippen molar-refractivity contribution in [2.24, 2.45) is 5.10 Å². The smallest absolute Gasteiger partial charge is 0.240 e. The van der Waals surface area contributed by atoms with Crippen LogP contribution in [0.25, 0.3) is 0 Å². The van der Waals surface area contributed by atoms with E-state index in [9.17, 15) is 4.79 Å². The monoisotopic (exact) mass is 346 g/mol. The zero-order valence-corrected chi connectivity index (χ0v) is 16.1. The van der Waals surface area contributed by atoms with E-state index < -0.39 is 0 Å². The van der Waals surface area contributed by atoms with E-state index in [1.165, 1.54) is 38.5 Å². The van der Waals surface area contributed by atoms with E-state index in [-0.39, 0.29) is 5.91 Å². The third kappa shape index (κ3) is 9.28. The molecular weight excluding hydrogens is 312 g/mol. The molecule has 0 aliphatic heterocycles. The summed E-state index contributed by atoms with van der Waals surface area (Å²) in [5.41, 5.74) is 4.59. The van der Waals surface area contributed by atoms with Gasteiger partial charge in [0.15, 0.2) is 0 Å². The molecule has 0 fully saturated rings. The molecule has 0 radical (unpaired) electrons. The Bertz CT molecular complexity index is 509. The van der Waals surface area contributed by atoms with Crippen LogP contribution >= 0.6 is 0 Å². The highest BCUT2D eigenvalue weighted by Gasteiger charge is 2.04. The summed E-state index contributed by atoms with van der Waals surface area (Å²) in [5, 5.41) is 4.29. The average Bonchev–Trinajstić information content (AvgIpc) is 2.65. The lowest BCUT2D eigenvalue weighted by Gasteiger charge is -2.06. The number of carbonyl (C=O) groups excluding carboxylic acids is 1. The quantitative estimate of drug-likeness (QED) is 0.293. The van der Waals surface area contributed by atoms with Gasteiger partial charge >= 0.3 is 0 Å². The van der Waals surface area contributed by atoms with Gasteiger partial charge in [0.1, 0.15) is 5.75 Å². The molecule has 140 valence electrons. The zero-order valence-electron chi connectivity index (χ0n) is 16.1. The number of benzene rings is 1. The van der Waals surface area contributed by atoms with Crippen LogP contribution in [-0.4, -0.2) is 18.7 Å². The molecule has 0 aliphatic rings. The molecule has 0 atom stereocenters. The molecule has 0 heterocycles. The van der Waals surface area contributed by atoms with Gasteiger partial charge in [-0.1, -0.05) is 58.8 Å². The molecule has 0 aliphatic carbocycles. The topological polar surface area (TPSA) is 50.7 Å². The van der Waals surface area contributed by atoms with Gasteiger partial charge in [-0.25, -0.2) is 5.43 Å². The summed E-state index contributed by atoms with van der Waals surface area (Å²) in [5.74, 6) is 0.823. The van der Waals surface area contributed by atoms with Gasteiger partial charge in [-0.2, -0.15) is 5.10 Å². The van der Waals surface area contributed by atoms with Gasteiger partial charge in [-0.05, 0) is 42.7 Å². The number of nitrogens with zero attached hydrogens (tertiary/aromatic N) is 1. The largest absolute Gasteiger partial charge is 0.497 e. The Morgan fingerprint density at radius 3 is 2.12 bits per heavy atom. The minimum absolute atomic E-state index is 0.00504. The number of methoxy groups -OCH3 is 1. The molecule has 0 bridgehead atoms. The molecule has 1 aromatic rings. The molecule has 1 N–H and O–H groups in total. The second-order valence-corrected chi connectivity index (χ2v) is 6.40. The van der Waals surface area contributed by atoms with E-state index in [0.29, 0.717) is 6.42 Å². The highest BCUT2D eigenvalue weighted by molar-refractivity contribution is 6.00. The number of amides is 1. The van der Waals surface area contributed by atoms with E-state index >= 15 is 0 Å². The minimum atomic E-state index is 0.00504. The summed E-state index contributed by atoms with van der Waals surface area (Å²) < 4.78 is 5.16. The lowest BCUT2D eigenvalue weighted by molar-refractivity contribution is -0.121. The van der Waals surface area contributed by atoms with Crippen LogP contribution in [0.5, 0.6) is 5.75 Å². The first-order valence-corrected chi connectivity index (χ1v) is 9.71. The van der Waals surface area contributed by atoms with E-state index in [2.05, 4.69) is 17.5 Å². The molecule has 0 unspecified atom stereocenters. The second-order valence-electron chi connectivity index (χ2n) is 6.40. The van der Waals surface area contributed by atoms with Crippen molar-refractivity contribution in [2.75, 3.05) is 7.11 Å². The minimum Gasteiger partial charge on any atom is -0.497 e. The number of nitrogens with one attached hydrogen (secondary N) is 1. The SMILES string of the molecule is CCCCCCCCCCC(=O)NN=C(CC)c1ccc(OC)cc1. The van der Waals surface area contributed by atoms with Crippen LogP contribution in [0.1, 0.15) is 83.6 Å². The second kappa shape index (κ2) is 13.5. The van der Waals surface area contributed by atoms with Crippen molar-refractivity contribution in [3.63, 3.8) is 0 Å². The number of hydrazone groups is 1. The van der Waals surface area contributed by atoms with Gasteiger partial charge in [0.2, 0.25) is 5.91 Å². The van der Waals surface area contributed by atoms with E-state index in [0.717, 1.165) is 36.3 Å². The number of rotatable bonds is 13. The van der Waals surface area contributed by atoms with Crippen molar-refractivity contribution in [3.05, 3.63) is 29.8 Å². The lowest BCUT2D eigenvalue weighted by atomic mass is 10.1. The Kier molecular flexibility index (Phi) is 11.4. The van der Waals surface area contributed by atoms with Crippen LogP contribution < -0.4 is 10.2 Å². The highest BCUT2D eigenvalue weighted by Crippen LogP contribution is 2.13.